The lowest BCUT2D eigenvalue weighted by Crippen LogP contribution is -2.08. The van der Waals surface area contributed by atoms with Crippen molar-refractivity contribution in [2.45, 2.75) is 0 Å². The van der Waals surface area contributed by atoms with E-state index < -0.39 is 5.56 Å². The highest BCUT2D eigenvalue weighted by Crippen LogP contribution is 2.16. The predicted octanol–water partition coefficient (Wildman–Crippen LogP) is 1.98. The molecule has 0 amide bonds. The van der Waals surface area contributed by atoms with Crippen LogP contribution in [0.15, 0.2) is 39.6 Å². The molecule has 16 heavy (non-hydrogen) atoms. The van der Waals surface area contributed by atoms with E-state index >= 15 is 0 Å². The van der Waals surface area contributed by atoms with Crippen LogP contribution in [0.4, 0.5) is 11.6 Å². The first-order chi connectivity index (χ1) is 7.63. The third-order valence-corrected chi connectivity index (χ3v) is 2.36. The Morgan fingerprint density at radius 1 is 1.31 bits per heavy atom. The summed E-state index contributed by atoms with van der Waals surface area (Å²) in [6, 6.07) is 8.33. The Hall–Kier alpha value is -1.82. The smallest absolute Gasteiger partial charge is 0.256 e. The van der Waals surface area contributed by atoms with Gasteiger partial charge in [0.1, 0.15) is 0 Å². The summed E-state index contributed by atoms with van der Waals surface area (Å²) >= 11 is 3.31. The Bertz CT molecular complexity index is 551. The molecule has 0 spiro atoms. The lowest BCUT2D eigenvalue weighted by molar-refractivity contribution is 0.452. The van der Waals surface area contributed by atoms with Gasteiger partial charge in [-0.15, -0.1) is 0 Å². The van der Waals surface area contributed by atoms with Crippen LogP contribution >= 0.6 is 15.9 Å². The fourth-order valence-electron chi connectivity index (χ4n) is 1.17. The van der Waals surface area contributed by atoms with E-state index in [-0.39, 0.29) is 11.8 Å². The van der Waals surface area contributed by atoms with Crippen molar-refractivity contribution in [2.24, 2.45) is 0 Å². The van der Waals surface area contributed by atoms with Crippen LogP contribution in [0.5, 0.6) is 5.88 Å². The second-order valence-corrected chi connectivity index (χ2v) is 4.00. The van der Waals surface area contributed by atoms with Gasteiger partial charge in [0.2, 0.25) is 11.8 Å². The van der Waals surface area contributed by atoms with Gasteiger partial charge in [-0.1, -0.05) is 15.9 Å². The third kappa shape index (κ3) is 2.60. The molecule has 82 valence electrons. The summed E-state index contributed by atoms with van der Waals surface area (Å²) in [5.41, 5.74) is 0.351. The van der Waals surface area contributed by atoms with Crippen LogP contribution < -0.4 is 10.9 Å². The molecule has 5 nitrogen and oxygen atoms in total. The van der Waals surface area contributed by atoms with Crippen LogP contribution in [0, 0.1) is 0 Å². The summed E-state index contributed by atoms with van der Waals surface area (Å²) in [7, 11) is 0. The standard InChI is InChI=1S/C10H8BrN3O2/c11-6-1-3-7(4-2-6)12-10-13-8(15)5-9(16)14-10/h1-5H,(H3,12,13,14,15,16). The maximum absolute atomic E-state index is 11.1. The van der Waals surface area contributed by atoms with Crippen LogP contribution in [-0.4, -0.2) is 15.1 Å². The van der Waals surface area contributed by atoms with Gasteiger partial charge in [0.15, 0.2) is 0 Å². The second-order valence-electron chi connectivity index (χ2n) is 3.08. The lowest BCUT2D eigenvalue weighted by Gasteiger charge is -2.04. The van der Waals surface area contributed by atoms with Crippen molar-refractivity contribution < 1.29 is 5.11 Å². The first-order valence-corrected chi connectivity index (χ1v) is 5.26. The zero-order chi connectivity index (χ0) is 11.5. The van der Waals surface area contributed by atoms with E-state index in [4.69, 9.17) is 5.11 Å². The van der Waals surface area contributed by atoms with E-state index in [9.17, 15) is 4.79 Å². The van der Waals surface area contributed by atoms with Gasteiger partial charge in [-0.3, -0.25) is 9.78 Å². The van der Waals surface area contributed by atoms with Gasteiger partial charge >= 0.3 is 0 Å². The van der Waals surface area contributed by atoms with Gasteiger partial charge in [-0.25, -0.2) is 0 Å². The highest BCUT2D eigenvalue weighted by Gasteiger charge is 1.99. The zero-order valence-electron chi connectivity index (χ0n) is 8.07. The largest absolute Gasteiger partial charge is 0.493 e. The van der Waals surface area contributed by atoms with Gasteiger partial charge in [0.25, 0.3) is 5.56 Å². The quantitative estimate of drug-likeness (QED) is 0.787. The monoisotopic (exact) mass is 281 g/mol. The number of H-pyrrole nitrogens is 1. The molecule has 6 heteroatoms. The highest BCUT2D eigenvalue weighted by atomic mass is 79.9. The number of anilines is 2. The number of hydrogen-bond acceptors (Lipinski definition) is 4. The van der Waals surface area contributed by atoms with Crippen LogP contribution in [0.2, 0.25) is 0 Å². The normalized spacial score (nSPS) is 10.1. The van der Waals surface area contributed by atoms with Gasteiger partial charge < -0.3 is 10.4 Å². The summed E-state index contributed by atoms with van der Waals surface area (Å²) < 4.78 is 0.954. The van der Waals surface area contributed by atoms with Crippen molar-refractivity contribution in [2.75, 3.05) is 5.32 Å². The van der Waals surface area contributed by atoms with Crippen molar-refractivity contribution in [1.82, 2.24) is 9.97 Å². The Kier molecular flexibility index (Phi) is 2.91. The maximum atomic E-state index is 11.1. The molecule has 0 saturated heterocycles. The molecular formula is C10H8BrN3O2. The molecule has 0 radical (unpaired) electrons. The summed E-state index contributed by atoms with van der Waals surface area (Å²) in [6.45, 7) is 0. The van der Waals surface area contributed by atoms with Gasteiger partial charge in [-0.05, 0) is 24.3 Å². The average Bonchev–Trinajstić information content (AvgIpc) is 2.20. The number of benzene rings is 1. The van der Waals surface area contributed by atoms with Crippen molar-refractivity contribution in [3.05, 3.63) is 45.2 Å². The van der Waals surface area contributed by atoms with Crippen molar-refractivity contribution in [3.63, 3.8) is 0 Å². The van der Waals surface area contributed by atoms with E-state index in [0.717, 1.165) is 16.2 Å². The number of halogens is 1. The molecule has 0 saturated carbocycles. The number of nitrogens with one attached hydrogen (secondary N) is 2. The molecule has 0 fully saturated rings. The average molecular weight is 282 g/mol. The number of rotatable bonds is 2. The molecule has 1 aromatic carbocycles. The molecule has 2 aromatic rings. The molecule has 3 N–H and O–H groups in total. The highest BCUT2D eigenvalue weighted by molar-refractivity contribution is 9.10. The summed E-state index contributed by atoms with van der Waals surface area (Å²) in [5, 5.41) is 12.0. The Balaban J connectivity index is 2.26. The molecule has 1 heterocycles. The van der Waals surface area contributed by atoms with Crippen molar-refractivity contribution in [1.29, 1.82) is 0 Å². The maximum Gasteiger partial charge on any atom is 0.256 e. The first kappa shape index (κ1) is 10.7. The molecule has 0 atom stereocenters. The molecular weight excluding hydrogens is 274 g/mol. The Morgan fingerprint density at radius 3 is 2.62 bits per heavy atom. The fourth-order valence-corrected chi connectivity index (χ4v) is 1.44. The number of nitrogens with zero attached hydrogens (tertiary/aromatic N) is 1. The lowest BCUT2D eigenvalue weighted by atomic mass is 10.3. The molecule has 2 rings (SSSR count). The van der Waals surface area contributed by atoms with Crippen LogP contribution in [-0.2, 0) is 0 Å². The minimum absolute atomic E-state index is 0.201. The number of aromatic hydroxyl groups is 1. The summed E-state index contributed by atoms with van der Waals surface area (Å²) in [6.07, 6.45) is 0. The number of aromatic nitrogens is 2. The SMILES string of the molecule is O=c1cc(O)nc(Nc2ccc(Br)cc2)[nH]1. The molecule has 1 aromatic heterocycles. The van der Waals surface area contributed by atoms with E-state index in [1.807, 2.05) is 24.3 Å². The number of hydrogen-bond donors (Lipinski definition) is 3. The van der Waals surface area contributed by atoms with Gasteiger partial charge in [-0.2, -0.15) is 4.98 Å². The van der Waals surface area contributed by atoms with E-state index in [1.165, 1.54) is 0 Å². The molecule has 0 bridgehead atoms. The Labute approximate surface area is 99.3 Å². The van der Waals surface area contributed by atoms with E-state index in [1.54, 1.807) is 0 Å². The second kappa shape index (κ2) is 4.36. The zero-order valence-corrected chi connectivity index (χ0v) is 9.65. The predicted molar refractivity (Wildman–Crippen MR) is 63.9 cm³/mol. The van der Waals surface area contributed by atoms with E-state index in [0.29, 0.717) is 0 Å². The summed E-state index contributed by atoms with van der Waals surface area (Å²) in [4.78, 5) is 17.2. The molecule has 0 aliphatic heterocycles. The summed E-state index contributed by atoms with van der Waals surface area (Å²) in [5.74, 6) is -0.115. The topological polar surface area (TPSA) is 78.0 Å². The fraction of sp³-hybridized carbons (Fsp3) is 0. The molecule has 0 aliphatic rings. The van der Waals surface area contributed by atoms with Crippen molar-refractivity contribution >= 4 is 27.6 Å². The molecule has 0 aliphatic carbocycles. The van der Waals surface area contributed by atoms with Crippen molar-refractivity contribution in [3.8, 4) is 5.88 Å². The minimum atomic E-state index is -0.410. The minimum Gasteiger partial charge on any atom is -0.493 e. The Morgan fingerprint density at radius 2 is 2.00 bits per heavy atom. The number of aromatic amines is 1. The third-order valence-electron chi connectivity index (χ3n) is 1.84. The van der Waals surface area contributed by atoms with Crippen LogP contribution in [0.25, 0.3) is 0 Å². The van der Waals surface area contributed by atoms with Gasteiger partial charge in [0.05, 0.1) is 6.07 Å². The van der Waals surface area contributed by atoms with Gasteiger partial charge in [0, 0.05) is 10.2 Å². The van der Waals surface area contributed by atoms with Crippen LogP contribution in [0.1, 0.15) is 0 Å². The van der Waals surface area contributed by atoms with E-state index in [2.05, 4.69) is 31.2 Å². The first-order valence-electron chi connectivity index (χ1n) is 4.46. The van der Waals surface area contributed by atoms with Crippen LogP contribution in [0.3, 0.4) is 0 Å². The molecule has 0 unspecified atom stereocenters.